The van der Waals surface area contributed by atoms with Gasteiger partial charge in [-0.15, -0.1) is 0 Å². The number of hydrogen-bond donors (Lipinski definition) is 1. The van der Waals surface area contributed by atoms with E-state index in [0.29, 0.717) is 25.2 Å². The van der Waals surface area contributed by atoms with Crippen LogP contribution in [0.2, 0.25) is 0 Å². The van der Waals surface area contributed by atoms with Crippen molar-refractivity contribution in [1.82, 2.24) is 9.78 Å². The molecule has 1 heterocycles. The SMILES string of the molecule is Cc1nn(C)c(COC2CCC(CO)CC2)c1Br. The molecule has 0 unspecified atom stereocenters. The molecule has 1 saturated carbocycles. The molecule has 1 aromatic rings. The molecule has 0 aliphatic heterocycles. The van der Waals surface area contributed by atoms with E-state index in [-0.39, 0.29) is 0 Å². The van der Waals surface area contributed by atoms with Gasteiger partial charge in [-0.1, -0.05) is 0 Å². The van der Waals surface area contributed by atoms with Crippen molar-refractivity contribution < 1.29 is 9.84 Å². The molecule has 1 aromatic heterocycles. The van der Waals surface area contributed by atoms with Gasteiger partial charge in [0.25, 0.3) is 0 Å². The average molecular weight is 317 g/mol. The van der Waals surface area contributed by atoms with Crippen LogP contribution in [0.4, 0.5) is 0 Å². The molecule has 18 heavy (non-hydrogen) atoms. The zero-order valence-electron chi connectivity index (χ0n) is 11.0. The fourth-order valence-corrected chi connectivity index (χ4v) is 2.97. The van der Waals surface area contributed by atoms with Crippen LogP contribution in [-0.4, -0.2) is 27.6 Å². The Bertz CT molecular complexity index is 398. The van der Waals surface area contributed by atoms with E-state index in [2.05, 4.69) is 21.0 Å². The normalized spacial score (nSPS) is 24.4. The molecule has 2 rings (SSSR count). The second-order valence-corrected chi connectivity index (χ2v) is 5.90. The number of aliphatic hydroxyl groups is 1. The number of aromatic nitrogens is 2. The van der Waals surface area contributed by atoms with Crippen molar-refractivity contribution in [3.63, 3.8) is 0 Å². The van der Waals surface area contributed by atoms with Gasteiger partial charge in [0.2, 0.25) is 0 Å². The van der Waals surface area contributed by atoms with Crippen molar-refractivity contribution >= 4 is 15.9 Å². The number of halogens is 1. The summed E-state index contributed by atoms with van der Waals surface area (Å²) in [5, 5.41) is 13.5. The molecule has 0 spiro atoms. The van der Waals surface area contributed by atoms with Gasteiger partial charge in [0.05, 0.1) is 28.6 Å². The van der Waals surface area contributed by atoms with E-state index in [9.17, 15) is 0 Å². The van der Waals surface area contributed by atoms with Crippen molar-refractivity contribution in [2.45, 2.75) is 45.3 Å². The number of ether oxygens (including phenoxy) is 1. The monoisotopic (exact) mass is 316 g/mol. The minimum Gasteiger partial charge on any atom is -0.396 e. The average Bonchev–Trinajstić information content (AvgIpc) is 2.62. The molecule has 102 valence electrons. The highest BCUT2D eigenvalue weighted by atomic mass is 79.9. The van der Waals surface area contributed by atoms with Crippen molar-refractivity contribution in [1.29, 1.82) is 0 Å². The molecule has 0 saturated heterocycles. The van der Waals surface area contributed by atoms with Crippen LogP contribution in [0.1, 0.15) is 37.1 Å². The van der Waals surface area contributed by atoms with Gasteiger partial charge in [-0.2, -0.15) is 5.10 Å². The summed E-state index contributed by atoms with van der Waals surface area (Å²) in [5.74, 6) is 0.482. The highest BCUT2D eigenvalue weighted by Crippen LogP contribution is 2.27. The van der Waals surface area contributed by atoms with Gasteiger partial charge in [0.1, 0.15) is 0 Å². The van der Waals surface area contributed by atoms with Crippen LogP contribution in [0.3, 0.4) is 0 Å². The first-order chi connectivity index (χ1) is 8.61. The lowest BCUT2D eigenvalue weighted by Gasteiger charge is -2.27. The zero-order chi connectivity index (χ0) is 13.1. The summed E-state index contributed by atoms with van der Waals surface area (Å²) in [7, 11) is 1.94. The van der Waals surface area contributed by atoms with Crippen LogP contribution in [0.5, 0.6) is 0 Å². The molecular formula is C13H21BrN2O2. The topological polar surface area (TPSA) is 47.3 Å². The molecule has 0 aromatic carbocycles. The summed E-state index contributed by atoms with van der Waals surface area (Å²) in [6.45, 7) is 2.91. The summed E-state index contributed by atoms with van der Waals surface area (Å²) in [6, 6.07) is 0. The third-order valence-electron chi connectivity index (χ3n) is 3.77. The summed E-state index contributed by atoms with van der Waals surface area (Å²) in [6.07, 6.45) is 4.59. The second kappa shape index (κ2) is 6.17. The van der Waals surface area contributed by atoms with Crippen LogP contribution in [0.15, 0.2) is 4.47 Å². The standard InChI is InChI=1S/C13H21BrN2O2/c1-9-13(14)12(16(2)15-9)8-18-11-5-3-10(7-17)4-6-11/h10-11,17H,3-8H2,1-2H3. The summed E-state index contributed by atoms with van der Waals surface area (Å²) >= 11 is 3.55. The minimum absolute atomic E-state index is 0.319. The van der Waals surface area contributed by atoms with Gasteiger partial charge in [0, 0.05) is 13.7 Å². The molecule has 0 atom stereocenters. The van der Waals surface area contributed by atoms with E-state index >= 15 is 0 Å². The molecule has 0 amide bonds. The summed E-state index contributed by atoms with van der Waals surface area (Å²) < 4.78 is 8.89. The van der Waals surface area contributed by atoms with E-state index in [1.54, 1.807) is 0 Å². The van der Waals surface area contributed by atoms with Crippen LogP contribution in [0, 0.1) is 12.8 Å². The predicted octanol–water partition coefficient (Wildman–Crippen LogP) is 2.56. The molecule has 1 N–H and O–H groups in total. The fraction of sp³-hybridized carbons (Fsp3) is 0.769. The lowest BCUT2D eigenvalue weighted by molar-refractivity contribution is -0.00152. The third-order valence-corrected chi connectivity index (χ3v) is 4.80. The molecule has 1 aliphatic rings. The summed E-state index contributed by atoms with van der Waals surface area (Å²) in [5.41, 5.74) is 2.09. The maximum atomic E-state index is 9.10. The first-order valence-corrected chi connectivity index (χ1v) is 7.31. The smallest absolute Gasteiger partial charge is 0.0900 e. The van der Waals surface area contributed by atoms with Gasteiger partial charge in [-0.3, -0.25) is 4.68 Å². The number of aryl methyl sites for hydroxylation is 2. The molecule has 1 fully saturated rings. The lowest BCUT2D eigenvalue weighted by atomic mass is 9.88. The van der Waals surface area contributed by atoms with Gasteiger partial charge >= 0.3 is 0 Å². The van der Waals surface area contributed by atoms with Crippen LogP contribution >= 0.6 is 15.9 Å². The van der Waals surface area contributed by atoms with Gasteiger partial charge < -0.3 is 9.84 Å². The Kier molecular flexibility index (Phi) is 4.81. The van der Waals surface area contributed by atoms with Gasteiger partial charge in [-0.05, 0) is 54.5 Å². The molecule has 0 radical (unpaired) electrons. The summed E-state index contributed by atoms with van der Waals surface area (Å²) in [4.78, 5) is 0. The van der Waals surface area contributed by atoms with Crippen molar-refractivity contribution in [2.75, 3.05) is 6.61 Å². The van der Waals surface area contributed by atoms with Crippen LogP contribution < -0.4 is 0 Å². The van der Waals surface area contributed by atoms with E-state index in [1.165, 1.54) is 0 Å². The highest BCUT2D eigenvalue weighted by molar-refractivity contribution is 9.10. The Morgan fingerprint density at radius 1 is 1.39 bits per heavy atom. The van der Waals surface area contributed by atoms with Gasteiger partial charge in [-0.25, -0.2) is 0 Å². The largest absolute Gasteiger partial charge is 0.396 e. The first-order valence-electron chi connectivity index (χ1n) is 6.52. The number of nitrogens with zero attached hydrogens (tertiary/aromatic N) is 2. The van der Waals surface area contributed by atoms with Crippen molar-refractivity contribution in [3.05, 3.63) is 15.9 Å². The quantitative estimate of drug-likeness (QED) is 0.928. The molecular weight excluding hydrogens is 296 g/mol. The van der Waals surface area contributed by atoms with Crippen molar-refractivity contribution in [3.8, 4) is 0 Å². The number of rotatable bonds is 4. The zero-order valence-corrected chi connectivity index (χ0v) is 12.6. The lowest BCUT2D eigenvalue weighted by Crippen LogP contribution is -2.23. The minimum atomic E-state index is 0.319. The maximum Gasteiger partial charge on any atom is 0.0900 e. The molecule has 1 aliphatic carbocycles. The van der Waals surface area contributed by atoms with E-state index in [0.717, 1.165) is 41.5 Å². The Labute approximate surface area is 116 Å². The predicted molar refractivity (Wildman–Crippen MR) is 73.3 cm³/mol. The first kappa shape index (κ1) is 14.0. The Morgan fingerprint density at radius 2 is 2.06 bits per heavy atom. The molecule has 0 bridgehead atoms. The Morgan fingerprint density at radius 3 is 2.56 bits per heavy atom. The van der Waals surface area contributed by atoms with Crippen LogP contribution in [0.25, 0.3) is 0 Å². The van der Waals surface area contributed by atoms with E-state index < -0.39 is 0 Å². The third kappa shape index (κ3) is 3.13. The molecule has 5 heteroatoms. The van der Waals surface area contributed by atoms with E-state index in [4.69, 9.17) is 9.84 Å². The number of hydrogen-bond acceptors (Lipinski definition) is 3. The Balaban J connectivity index is 1.85. The highest BCUT2D eigenvalue weighted by Gasteiger charge is 2.22. The Hall–Kier alpha value is -0.390. The van der Waals surface area contributed by atoms with Crippen LogP contribution in [-0.2, 0) is 18.4 Å². The maximum absolute atomic E-state index is 9.10. The van der Waals surface area contributed by atoms with E-state index in [1.807, 2.05) is 18.7 Å². The number of aliphatic hydroxyl groups excluding tert-OH is 1. The molecule has 4 nitrogen and oxygen atoms in total. The fourth-order valence-electron chi connectivity index (χ4n) is 2.51. The van der Waals surface area contributed by atoms with Crippen molar-refractivity contribution in [2.24, 2.45) is 13.0 Å². The second-order valence-electron chi connectivity index (χ2n) is 5.11. The van der Waals surface area contributed by atoms with Gasteiger partial charge in [0.15, 0.2) is 0 Å².